The molecule has 0 fully saturated rings. The lowest BCUT2D eigenvalue weighted by Crippen LogP contribution is -2.07. The fraction of sp³-hybridized carbons (Fsp3) is 0.778. The van der Waals surface area contributed by atoms with Gasteiger partial charge >= 0.3 is 0 Å². The Morgan fingerprint density at radius 1 is 1.42 bits per heavy atom. The number of nitrogens with zero attached hydrogens (tertiary/aromatic N) is 2. The second-order valence-corrected chi connectivity index (χ2v) is 3.10. The molecule has 1 aliphatic heterocycles. The van der Waals surface area contributed by atoms with Gasteiger partial charge in [0.1, 0.15) is 0 Å². The van der Waals surface area contributed by atoms with Crippen molar-refractivity contribution in [2.75, 3.05) is 0 Å². The zero-order chi connectivity index (χ0) is 8.97. The zero-order valence-corrected chi connectivity index (χ0v) is 7.74. The Bertz CT molecular complexity index is 224. The highest BCUT2D eigenvalue weighted by molar-refractivity contribution is 5.02. The van der Waals surface area contributed by atoms with E-state index in [0.717, 1.165) is 0 Å². The summed E-state index contributed by atoms with van der Waals surface area (Å²) in [5.74, 6) is 6.49. The Balaban J connectivity index is 2.27. The van der Waals surface area contributed by atoms with Crippen LogP contribution in [0, 0.1) is 17.8 Å². The van der Waals surface area contributed by atoms with Crippen LogP contribution in [0.3, 0.4) is 0 Å². The SMILES string of the molecule is CC(C)C#CCC1N=NC(C)O1. The average molecular weight is 166 g/mol. The lowest BCUT2D eigenvalue weighted by Gasteiger charge is -2.01. The Kier molecular flexibility index (Phi) is 3.24. The first-order valence-electron chi connectivity index (χ1n) is 4.22. The van der Waals surface area contributed by atoms with Gasteiger partial charge in [0.05, 0.1) is 6.42 Å². The van der Waals surface area contributed by atoms with Gasteiger partial charge in [0.2, 0.25) is 0 Å². The van der Waals surface area contributed by atoms with Crippen molar-refractivity contribution in [1.82, 2.24) is 0 Å². The molecule has 3 nitrogen and oxygen atoms in total. The van der Waals surface area contributed by atoms with Crippen LogP contribution in [0.15, 0.2) is 10.2 Å². The highest BCUT2D eigenvalue weighted by atomic mass is 16.5. The van der Waals surface area contributed by atoms with Gasteiger partial charge in [-0.25, -0.2) is 0 Å². The molecule has 0 aromatic rings. The van der Waals surface area contributed by atoms with E-state index in [4.69, 9.17) is 4.74 Å². The van der Waals surface area contributed by atoms with E-state index in [9.17, 15) is 0 Å². The quantitative estimate of drug-likeness (QED) is 0.550. The minimum Gasteiger partial charge on any atom is -0.327 e. The van der Waals surface area contributed by atoms with Crippen molar-refractivity contribution in [3.63, 3.8) is 0 Å². The minimum atomic E-state index is -0.133. The van der Waals surface area contributed by atoms with Crippen LogP contribution >= 0.6 is 0 Å². The van der Waals surface area contributed by atoms with Crippen molar-refractivity contribution >= 4 is 0 Å². The number of ether oxygens (including phenoxy) is 1. The predicted octanol–water partition coefficient (Wildman–Crippen LogP) is 2.19. The summed E-state index contributed by atoms with van der Waals surface area (Å²) < 4.78 is 5.31. The third kappa shape index (κ3) is 3.02. The van der Waals surface area contributed by atoms with Gasteiger partial charge in [-0.2, -0.15) is 10.2 Å². The fourth-order valence-corrected chi connectivity index (χ4v) is 0.889. The van der Waals surface area contributed by atoms with Crippen molar-refractivity contribution in [3.05, 3.63) is 0 Å². The lowest BCUT2D eigenvalue weighted by atomic mass is 10.2. The van der Waals surface area contributed by atoms with E-state index in [1.54, 1.807) is 0 Å². The van der Waals surface area contributed by atoms with E-state index in [1.807, 2.05) is 6.92 Å². The van der Waals surface area contributed by atoms with Gasteiger partial charge < -0.3 is 4.74 Å². The standard InChI is InChI=1S/C9H14N2O/c1-7(2)5-4-6-9-11-10-8(3)12-9/h7-9H,6H2,1-3H3. The van der Waals surface area contributed by atoms with Crippen LogP contribution in [-0.4, -0.2) is 12.5 Å². The summed E-state index contributed by atoms with van der Waals surface area (Å²) in [4.78, 5) is 0. The maximum atomic E-state index is 5.31. The molecule has 2 atom stereocenters. The molecular weight excluding hydrogens is 152 g/mol. The molecule has 0 aromatic heterocycles. The molecule has 2 unspecified atom stereocenters. The molecule has 1 aliphatic rings. The van der Waals surface area contributed by atoms with Crippen LogP contribution in [0.25, 0.3) is 0 Å². The number of hydrogen-bond donors (Lipinski definition) is 0. The summed E-state index contributed by atoms with van der Waals surface area (Å²) in [6, 6.07) is 0. The summed E-state index contributed by atoms with van der Waals surface area (Å²) in [5, 5.41) is 7.76. The van der Waals surface area contributed by atoms with Crippen LogP contribution in [0.1, 0.15) is 27.2 Å². The number of azo groups is 1. The average Bonchev–Trinajstić information content (AvgIpc) is 2.35. The largest absolute Gasteiger partial charge is 0.327 e. The molecule has 0 saturated carbocycles. The third-order valence-corrected chi connectivity index (χ3v) is 1.38. The summed E-state index contributed by atoms with van der Waals surface area (Å²) >= 11 is 0. The first-order chi connectivity index (χ1) is 5.68. The Morgan fingerprint density at radius 3 is 2.67 bits per heavy atom. The van der Waals surface area contributed by atoms with Crippen molar-refractivity contribution in [2.45, 2.75) is 39.6 Å². The van der Waals surface area contributed by atoms with Crippen molar-refractivity contribution < 1.29 is 4.74 Å². The molecule has 0 amide bonds. The molecule has 0 aromatic carbocycles. The third-order valence-electron chi connectivity index (χ3n) is 1.38. The van der Waals surface area contributed by atoms with Gasteiger partial charge in [-0.3, -0.25) is 0 Å². The van der Waals surface area contributed by atoms with E-state index < -0.39 is 0 Å². The maximum absolute atomic E-state index is 5.31. The molecule has 0 aliphatic carbocycles. The summed E-state index contributed by atoms with van der Waals surface area (Å²) in [6.07, 6.45) is 0.438. The first-order valence-corrected chi connectivity index (χ1v) is 4.22. The second-order valence-electron chi connectivity index (χ2n) is 3.10. The molecule has 3 heteroatoms. The van der Waals surface area contributed by atoms with Gasteiger partial charge in [0.15, 0.2) is 12.5 Å². The molecular formula is C9H14N2O. The Labute approximate surface area is 73.2 Å². The van der Waals surface area contributed by atoms with E-state index in [-0.39, 0.29) is 12.5 Å². The lowest BCUT2D eigenvalue weighted by molar-refractivity contribution is 0.0483. The molecule has 1 rings (SSSR count). The maximum Gasteiger partial charge on any atom is 0.182 e. The van der Waals surface area contributed by atoms with Crippen LogP contribution in [0.2, 0.25) is 0 Å². The van der Waals surface area contributed by atoms with Crippen molar-refractivity contribution in [2.24, 2.45) is 16.1 Å². The highest BCUT2D eigenvalue weighted by Crippen LogP contribution is 2.13. The summed E-state index contributed by atoms with van der Waals surface area (Å²) in [7, 11) is 0. The molecule has 0 N–H and O–H groups in total. The van der Waals surface area contributed by atoms with E-state index in [1.165, 1.54) is 0 Å². The molecule has 0 bridgehead atoms. The molecule has 0 radical (unpaired) electrons. The topological polar surface area (TPSA) is 34.0 Å². The number of rotatable bonds is 1. The molecule has 0 saturated heterocycles. The van der Waals surface area contributed by atoms with Gasteiger partial charge in [-0.1, -0.05) is 19.8 Å². The second kappa shape index (κ2) is 4.22. The van der Waals surface area contributed by atoms with Gasteiger partial charge in [0, 0.05) is 5.92 Å². The van der Waals surface area contributed by atoms with Gasteiger partial charge in [-0.05, 0) is 6.92 Å². The van der Waals surface area contributed by atoms with Crippen LogP contribution in [-0.2, 0) is 4.74 Å². The van der Waals surface area contributed by atoms with E-state index in [2.05, 4.69) is 35.9 Å². The van der Waals surface area contributed by atoms with Gasteiger partial charge in [-0.15, -0.1) is 5.92 Å². The molecule has 66 valence electrons. The summed E-state index contributed by atoms with van der Waals surface area (Å²) in [5.41, 5.74) is 0. The zero-order valence-electron chi connectivity index (χ0n) is 7.74. The Hall–Kier alpha value is -0.880. The van der Waals surface area contributed by atoms with Crippen LogP contribution < -0.4 is 0 Å². The monoisotopic (exact) mass is 166 g/mol. The first kappa shape index (κ1) is 9.21. The predicted molar refractivity (Wildman–Crippen MR) is 46.4 cm³/mol. The molecule has 1 heterocycles. The normalized spacial score (nSPS) is 27.3. The van der Waals surface area contributed by atoms with Crippen LogP contribution in [0.4, 0.5) is 0 Å². The number of hydrogen-bond acceptors (Lipinski definition) is 3. The van der Waals surface area contributed by atoms with E-state index in [0.29, 0.717) is 12.3 Å². The highest BCUT2D eigenvalue weighted by Gasteiger charge is 2.16. The van der Waals surface area contributed by atoms with Gasteiger partial charge in [0.25, 0.3) is 0 Å². The smallest absolute Gasteiger partial charge is 0.182 e. The summed E-state index contributed by atoms with van der Waals surface area (Å²) in [6.45, 7) is 6.00. The Morgan fingerprint density at radius 2 is 2.17 bits per heavy atom. The molecule has 0 spiro atoms. The minimum absolute atomic E-state index is 0.0872. The van der Waals surface area contributed by atoms with Crippen LogP contribution in [0.5, 0.6) is 0 Å². The van der Waals surface area contributed by atoms with Crippen molar-refractivity contribution in [3.8, 4) is 11.8 Å². The molecule has 12 heavy (non-hydrogen) atoms. The van der Waals surface area contributed by atoms with E-state index >= 15 is 0 Å². The van der Waals surface area contributed by atoms with Crippen molar-refractivity contribution in [1.29, 1.82) is 0 Å². The fourth-order valence-electron chi connectivity index (χ4n) is 0.889.